The Morgan fingerprint density at radius 3 is 2.61 bits per heavy atom. The van der Waals surface area contributed by atoms with Crippen molar-refractivity contribution < 1.29 is 28.6 Å². The van der Waals surface area contributed by atoms with Gasteiger partial charge in [-0.25, -0.2) is 9.78 Å². The molecule has 1 fully saturated rings. The zero-order valence-electron chi connectivity index (χ0n) is 18.8. The van der Waals surface area contributed by atoms with E-state index in [0.717, 1.165) is 25.7 Å². The fourth-order valence-electron chi connectivity index (χ4n) is 3.92. The number of carbonyl (C=O) groups is 3. The minimum absolute atomic E-state index is 0.0485. The molecule has 2 aliphatic carbocycles. The number of benzene rings is 1. The van der Waals surface area contributed by atoms with E-state index < -0.39 is 23.9 Å². The van der Waals surface area contributed by atoms with Crippen LogP contribution in [-0.2, 0) is 27.2 Å². The van der Waals surface area contributed by atoms with E-state index in [4.69, 9.17) is 14.2 Å². The number of fused-ring (bicyclic) bond motifs is 1. The van der Waals surface area contributed by atoms with Gasteiger partial charge in [-0.2, -0.15) is 0 Å². The molecule has 0 radical (unpaired) electrons. The smallest absolute Gasteiger partial charge is 0.328 e. The maximum absolute atomic E-state index is 12.9. The summed E-state index contributed by atoms with van der Waals surface area (Å²) in [6.07, 6.45) is 5.67. The number of rotatable bonds is 8. The summed E-state index contributed by atoms with van der Waals surface area (Å²) in [6.45, 7) is 1.55. The highest BCUT2D eigenvalue weighted by atomic mass is 16.6. The van der Waals surface area contributed by atoms with Crippen LogP contribution in [0.25, 0.3) is 0 Å². The van der Waals surface area contributed by atoms with Crippen molar-refractivity contribution in [1.82, 2.24) is 10.3 Å². The number of pyridine rings is 1. The summed E-state index contributed by atoms with van der Waals surface area (Å²) in [4.78, 5) is 41.8. The number of esters is 2. The first-order chi connectivity index (χ1) is 15.9. The highest BCUT2D eigenvalue weighted by Gasteiger charge is 2.30. The maximum Gasteiger partial charge on any atom is 0.328 e. The molecular formula is C25H28N2O6. The van der Waals surface area contributed by atoms with Crippen molar-refractivity contribution in [2.24, 2.45) is 5.92 Å². The fraction of sp³-hybridized carbons (Fsp3) is 0.440. The predicted octanol–water partition coefficient (Wildman–Crippen LogP) is 3.01. The largest absolute Gasteiger partial charge is 0.493 e. The fourth-order valence-corrected chi connectivity index (χ4v) is 3.92. The Labute approximate surface area is 192 Å². The monoisotopic (exact) mass is 452 g/mol. The molecule has 1 aromatic heterocycles. The Morgan fingerprint density at radius 2 is 1.88 bits per heavy atom. The SMILES string of the molecule is COc1ccnc(C(=O)N[C@@H](C)C(=O)OC2CCc3ccccc3C2)c1OC(=O)CC1CC1. The molecule has 1 aromatic carbocycles. The third kappa shape index (κ3) is 5.69. The van der Waals surface area contributed by atoms with Gasteiger partial charge in [-0.15, -0.1) is 0 Å². The molecule has 1 saturated carbocycles. The molecule has 2 aliphatic rings. The van der Waals surface area contributed by atoms with Crippen LogP contribution in [-0.4, -0.2) is 42.1 Å². The van der Waals surface area contributed by atoms with Gasteiger partial charge in [-0.05, 0) is 49.7 Å². The van der Waals surface area contributed by atoms with Crippen molar-refractivity contribution in [2.45, 2.75) is 57.6 Å². The molecule has 0 bridgehead atoms. The number of amides is 1. The number of hydrogen-bond donors (Lipinski definition) is 1. The molecule has 174 valence electrons. The second-order valence-corrected chi connectivity index (χ2v) is 8.58. The van der Waals surface area contributed by atoms with Crippen LogP contribution in [0.1, 0.15) is 54.2 Å². The highest BCUT2D eigenvalue weighted by Crippen LogP contribution is 2.35. The topological polar surface area (TPSA) is 104 Å². The van der Waals surface area contributed by atoms with E-state index in [-0.39, 0.29) is 29.7 Å². The van der Waals surface area contributed by atoms with Gasteiger partial charge in [-0.1, -0.05) is 24.3 Å². The van der Waals surface area contributed by atoms with E-state index in [2.05, 4.69) is 16.4 Å². The third-order valence-electron chi connectivity index (χ3n) is 5.96. The number of ether oxygens (including phenoxy) is 3. The second-order valence-electron chi connectivity index (χ2n) is 8.58. The highest BCUT2D eigenvalue weighted by molar-refractivity contribution is 5.98. The number of aryl methyl sites for hydroxylation is 1. The van der Waals surface area contributed by atoms with Crippen LogP contribution in [0.4, 0.5) is 0 Å². The number of nitrogens with zero attached hydrogens (tertiary/aromatic N) is 1. The molecule has 1 N–H and O–H groups in total. The summed E-state index contributed by atoms with van der Waals surface area (Å²) in [6, 6.07) is 8.72. The maximum atomic E-state index is 12.9. The number of aromatic nitrogens is 1. The summed E-state index contributed by atoms with van der Waals surface area (Å²) in [5.74, 6) is -1.12. The lowest BCUT2D eigenvalue weighted by molar-refractivity contribution is -0.151. The van der Waals surface area contributed by atoms with Gasteiger partial charge >= 0.3 is 11.9 Å². The first-order valence-corrected chi connectivity index (χ1v) is 11.3. The minimum Gasteiger partial charge on any atom is -0.493 e. The average Bonchev–Trinajstić information content (AvgIpc) is 3.62. The standard InChI is InChI=1S/C25H28N2O6/c1-15(25(30)32-19-10-9-17-5-3-4-6-18(17)14-19)27-24(29)22-23(20(31-2)11-12-26-22)33-21(28)13-16-7-8-16/h3-6,11-12,15-16,19H,7-10,13-14H2,1-2H3,(H,27,29)/t15-,19?/m0/s1. The summed E-state index contributed by atoms with van der Waals surface area (Å²) in [5, 5.41) is 2.60. The number of nitrogens with one attached hydrogen (secondary N) is 1. The molecule has 8 nitrogen and oxygen atoms in total. The molecule has 1 heterocycles. The summed E-state index contributed by atoms with van der Waals surface area (Å²) >= 11 is 0. The van der Waals surface area contributed by atoms with Gasteiger partial charge in [0.2, 0.25) is 5.75 Å². The van der Waals surface area contributed by atoms with Gasteiger partial charge in [-0.3, -0.25) is 9.59 Å². The van der Waals surface area contributed by atoms with Crippen LogP contribution in [0, 0.1) is 5.92 Å². The molecule has 1 amide bonds. The average molecular weight is 453 g/mol. The van der Waals surface area contributed by atoms with Crippen molar-refractivity contribution in [3.63, 3.8) is 0 Å². The van der Waals surface area contributed by atoms with E-state index in [1.165, 1.54) is 30.5 Å². The van der Waals surface area contributed by atoms with E-state index in [9.17, 15) is 14.4 Å². The number of carbonyl (C=O) groups excluding carboxylic acids is 3. The Bertz CT molecular complexity index is 1050. The molecule has 33 heavy (non-hydrogen) atoms. The van der Waals surface area contributed by atoms with Crippen LogP contribution in [0.3, 0.4) is 0 Å². The van der Waals surface area contributed by atoms with Gasteiger partial charge in [0.15, 0.2) is 11.4 Å². The van der Waals surface area contributed by atoms with Crippen molar-refractivity contribution in [1.29, 1.82) is 0 Å². The normalized spacial score (nSPS) is 17.9. The lowest BCUT2D eigenvalue weighted by Crippen LogP contribution is -2.42. The molecule has 8 heteroatoms. The molecule has 4 rings (SSSR count). The van der Waals surface area contributed by atoms with E-state index in [1.54, 1.807) is 6.92 Å². The Morgan fingerprint density at radius 1 is 1.12 bits per heavy atom. The van der Waals surface area contributed by atoms with Gasteiger partial charge in [0.25, 0.3) is 5.91 Å². The van der Waals surface area contributed by atoms with Crippen molar-refractivity contribution in [2.75, 3.05) is 7.11 Å². The van der Waals surface area contributed by atoms with Crippen molar-refractivity contribution >= 4 is 17.8 Å². The van der Waals surface area contributed by atoms with Crippen LogP contribution in [0.15, 0.2) is 36.5 Å². The molecule has 0 spiro atoms. The summed E-state index contributed by atoms with van der Waals surface area (Å²) < 4.78 is 16.3. The van der Waals surface area contributed by atoms with Gasteiger partial charge in [0.1, 0.15) is 12.1 Å². The molecule has 1 unspecified atom stereocenters. The van der Waals surface area contributed by atoms with Gasteiger partial charge < -0.3 is 19.5 Å². The first-order valence-electron chi connectivity index (χ1n) is 11.3. The predicted molar refractivity (Wildman–Crippen MR) is 119 cm³/mol. The van der Waals surface area contributed by atoms with Crippen LogP contribution < -0.4 is 14.8 Å². The van der Waals surface area contributed by atoms with Gasteiger partial charge in [0.05, 0.1) is 7.11 Å². The quantitative estimate of drug-likeness (QED) is 0.614. The molecule has 2 aromatic rings. The zero-order chi connectivity index (χ0) is 23.4. The Balaban J connectivity index is 1.39. The van der Waals surface area contributed by atoms with Crippen molar-refractivity contribution in [3.05, 3.63) is 53.3 Å². The molecule has 0 saturated heterocycles. The number of hydrogen-bond acceptors (Lipinski definition) is 7. The lowest BCUT2D eigenvalue weighted by atomic mass is 9.90. The summed E-state index contributed by atoms with van der Waals surface area (Å²) in [5.41, 5.74) is 2.33. The molecule has 2 atom stereocenters. The Kier molecular flexibility index (Phi) is 6.91. The van der Waals surface area contributed by atoms with E-state index >= 15 is 0 Å². The second kappa shape index (κ2) is 10.0. The van der Waals surface area contributed by atoms with E-state index in [0.29, 0.717) is 12.3 Å². The summed E-state index contributed by atoms with van der Waals surface area (Å²) in [7, 11) is 1.41. The minimum atomic E-state index is -0.905. The van der Waals surface area contributed by atoms with Crippen LogP contribution >= 0.6 is 0 Å². The zero-order valence-corrected chi connectivity index (χ0v) is 18.8. The Hall–Kier alpha value is -3.42. The lowest BCUT2D eigenvalue weighted by Gasteiger charge is -2.26. The van der Waals surface area contributed by atoms with Gasteiger partial charge in [0, 0.05) is 25.1 Å². The third-order valence-corrected chi connectivity index (χ3v) is 5.96. The molecular weight excluding hydrogens is 424 g/mol. The van der Waals surface area contributed by atoms with Crippen LogP contribution in [0.2, 0.25) is 0 Å². The molecule has 0 aliphatic heterocycles. The van der Waals surface area contributed by atoms with Crippen LogP contribution in [0.5, 0.6) is 11.5 Å². The van der Waals surface area contributed by atoms with Crippen molar-refractivity contribution in [3.8, 4) is 11.5 Å². The van der Waals surface area contributed by atoms with E-state index in [1.807, 2.05) is 18.2 Å². The first kappa shape index (κ1) is 22.8. The number of methoxy groups -OCH3 is 1.